The fourth-order valence-electron chi connectivity index (χ4n) is 3.59. The highest BCUT2D eigenvalue weighted by Gasteiger charge is 2.35. The Bertz CT molecular complexity index is 1050. The van der Waals surface area contributed by atoms with Crippen molar-refractivity contribution in [3.05, 3.63) is 94.5 Å². The van der Waals surface area contributed by atoms with Gasteiger partial charge >= 0.3 is 5.97 Å². The Morgan fingerprint density at radius 2 is 1.45 bits per heavy atom. The Morgan fingerprint density at radius 3 is 2.03 bits per heavy atom. The van der Waals surface area contributed by atoms with E-state index in [0.717, 1.165) is 22.3 Å². The molecule has 3 aromatic carbocycles. The van der Waals surface area contributed by atoms with Crippen LogP contribution in [0.15, 0.2) is 66.7 Å². The first-order valence-corrected chi connectivity index (χ1v) is 9.63. The fraction of sp³-hybridized carbons (Fsp3) is 0.200. The largest absolute Gasteiger partial charge is 0.457 e. The van der Waals surface area contributed by atoms with Gasteiger partial charge in [-0.15, -0.1) is 0 Å². The van der Waals surface area contributed by atoms with E-state index in [1.807, 2.05) is 74.5 Å². The maximum Gasteiger partial charge on any atom is 0.318 e. The molecule has 0 bridgehead atoms. The standard InChI is InChI=1S/C25H22O4/c1-15-12-13-18(14-16(15)2)24(26)17(3)28-25(27)23-19-8-4-6-10-21(19)29-22-11-7-5-9-20(22)23/h4-14,17,23H,1-3H3/t17-/m0/s1. The molecule has 0 aromatic heterocycles. The molecule has 1 aliphatic heterocycles. The number of hydrogen-bond acceptors (Lipinski definition) is 4. The first kappa shape index (κ1) is 18.9. The molecule has 0 amide bonds. The van der Waals surface area contributed by atoms with E-state index < -0.39 is 18.0 Å². The maximum atomic E-state index is 13.2. The lowest BCUT2D eigenvalue weighted by Gasteiger charge is -2.27. The summed E-state index contributed by atoms with van der Waals surface area (Å²) >= 11 is 0. The van der Waals surface area contributed by atoms with Crippen molar-refractivity contribution in [1.82, 2.24) is 0 Å². The SMILES string of the molecule is Cc1ccc(C(=O)[C@H](C)OC(=O)C2c3ccccc3Oc3ccccc32)cc1C. The average molecular weight is 386 g/mol. The van der Waals surface area contributed by atoms with Crippen LogP contribution in [0, 0.1) is 13.8 Å². The fourth-order valence-corrected chi connectivity index (χ4v) is 3.59. The van der Waals surface area contributed by atoms with Crippen molar-refractivity contribution in [3.8, 4) is 11.5 Å². The molecule has 0 unspecified atom stereocenters. The lowest BCUT2D eigenvalue weighted by molar-refractivity contribution is -0.147. The molecular formula is C25H22O4. The molecule has 1 atom stereocenters. The van der Waals surface area contributed by atoms with Crippen molar-refractivity contribution in [2.75, 3.05) is 0 Å². The van der Waals surface area contributed by atoms with Crippen molar-refractivity contribution >= 4 is 11.8 Å². The Hall–Kier alpha value is -3.40. The van der Waals surface area contributed by atoms with E-state index in [9.17, 15) is 9.59 Å². The van der Waals surface area contributed by atoms with E-state index in [0.29, 0.717) is 17.1 Å². The number of para-hydroxylation sites is 2. The van der Waals surface area contributed by atoms with E-state index in [1.165, 1.54) is 0 Å². The van der Waals surface area contributed by atoms with E-state index in [2.05, 4.69) is 0 Å². The molecule has 0 N–H and O–H groups in total. The number of carbonyl (C=O) groups excluding carboxylic acids is 2. The third-order valence-corrected chi connectivity index (χ3v) is 5.37. The molecule has 3 aromatic rings. The summed E-state index contributed by atoms with van der Waals surface area (Å²) in [5, 5.41) is 0. The Morgan fingerprint density at radius 1 is 0.862 bits per heavy atom. The summed E-state index contributed by atoms with van der Waals surface area (Å²) in [5.74, 6) is -0.0540. The van der Waals surface area contributed by atoms with Gasteiger partial charge in [-0.2, -0.15) is 0 Å². The Kier molecular flexibility index (Phi) is 4.93. The van der Waals surface area contributed by atoms with Gasteiger partial charge in [-0.05, 0) is 50.1 Å². The molecule has 0 fully saturated rings. The molecule has 146 valence electrons. The molecule has 4 nitrogen and oxygen atoms in total. The van der Waals surface area contributed by atoms with Crippen molar-refractivity contribution in [2.45, 2.75) is 32.8 Å². The maximum absolute atomic E-state index is 13.2. The van der Waals surface area contributed by atoms with Crippen LogP contribution in [0.4, 0.5) is 0 Å². The number of ether oxygens (including phenoxy) is 2. The van der Waals surface area contributed by atoms with Crippen molar-refractivity contribution in [2.24, 2.45) is 0 Å². The minimum Gasteiger partial charge on any atom is -0.457 e. The molecule has 4 heteroatoms. The zero-order chi connectivity index (χ0) is 20.5. The molecule has 4 rings (SSSR count). The van der Waals surface area contributed by atoms with Crippen molar-refractivity contribution in [3.63, 3.8) is 0 Å². The molecule has 1 aliphatic rings. The summed E-state index contributed by atoms with van der Waals surface area (Å²) in [6.07, 6.45) is -0.883. The second-order valence-electron chi connectivity index (χ2n) is 7.35. The number of hydrogen-bond donors (Lipinski definition) is 0. The zero-order valence-electron chi connectivity index (χ0n) is 16.6. The summed E-state index contributed by atoms with van der Waals surface area (Å²) < 4.78 is 11.6. The topological polar surface area (TPSA) is 52.6 Å². The molecule has 0 saturated carbocycles. The van der Waals surface area contributed by atoms with Gasteiger partial charge in [0.25, 0.3) is 0 Å². The molecule has 29 heavy (non-hydrogen) atoms. The van der Waals surface area contributed by atoms with Gasteiger partial charge < -0.3 is 9.47 Å². The van der Waals surface area contributed by atoms with Crippen LogP contribution in [0.1, 0.15) is 45.5 Å². The van der Waals surface area contributed by atoms with Crippen LogP contribution in [-0.4, -0.2) is 17.9 Å². The normalized spacial score (nSPS) is 13.6. The quantitative estimate of drug-likeness (QED) is 0.448. The lowest BCUT2D eigenvalue weighted by atomic mass is 9.88. The third kappa shape index (κ3) is 3.54. The summed E-state index contributed by atoms with van der Waals surface area (Å²) in [6.45, 7) is 5.57. The predicted octanol–water partition coefficient (Wildman–Crippen LogP) is 5.36. The average Bonchev–Trinajstić information content (AvgIpc) is 2.73. The first-order chi connectivity index (χ1) is 14.0. The highest BCUT2D eigenvalue weighted by atomic mass is 16.5. The van der Waals surface area contributed by atoms with E-state index >= 15 is 0 Å². The number of carbonyl (C=O) groups is 2. The van der Waals surface area contributed by atoms with Crippen LogP contribution in [0.25, 0.3) is 0 Å². The van der Waals surface area contributed by atoms with Crippen LogP contribution in [0.5, 0.6) is 11.5 Å². The highest BCUT2D eigenvalue weighted by molar-refractivity contribution is 6.01. The highest BCUT2D eigenvalue weighted by Crippen LogP contribution is 2.44. The van der Waals surface area contributed by atoms with Gasteiger partial charge in [-0.25, -0.2) is 0 Å². The first-order valence-electron chi connectivity index (χ1n) is 9.63. The number of fused-ring (bicyclic) bond motifs is 2. The molecular weight excluding hydrogens is 364 g/mol. The number of Topliss-reactive ketones (excluding diaryl/α,β-unsaturated/α-hetero) is 1. The predicted molar refractivity (Wildman–Crippen MR) is 111 cm³/mol. The molecule has 1 heterocycles. The van der Waals surface area contributed by atoms with Gasteiger partial charge in [-0.1, -0.05) is 48.5 Å². The van der Waals surface area contributed by atoms with E-state index in [4.69, 9.17) is 9.47 Å². The zero-order valence-corrected chi connectivity index (χ0v) is 16.6. The number of rotatable bonds is 4. The van der Waals surface area contributed by atoms with Crippen LogP contribution in [0.2, 0.25) is 0 Å². The molecule has 0 radical (unpaired) electrons. The van der Waals surface area contributed by atoms with Crippen LogP contribution >= 0.6 is 0 Å². The number of esters is 1. The van der Waals surface area contributed by atoms with E-state index in [1.54, 1.807) is 13.0 Å². The van der Waals surface area contributed by atoms with Gasteiger partial charge in [0.05, 0.1) is 0 Å². The number of aryl methyl sites for hydroxylation is 2. The smallest absolute Gasteiger partial charge is 0.318 e. The summed E-state index contributed by atoms with van der Waals surface area (Å²) in [5.41, 5.74) is 4.16. The molecule has 0 aliphatic carbocycles. The van der Waals surface area contributed by atoms with Crippen molar-refractivity contribution in [1.29, 1.82) is 0 Å². The van der Waals surface area contributed by atoms with Crippen LogP contribution in [-0.2, 0) is 9.53 Å². The van der Waals surface area contributed by atoms with Gasteiger partial charge in [-0.3, -0.25) is 9.59 Å². The van der Waals surface area contributed by atoms with Gasteiger partial charge in [0.1, 0.15) is 17.4 Å². The molecule has 0 spiro atoms. The van der Waals surface area contributed by atoms with Crippen molar-refractivity contribution < 1.29 is 19.1 Å². The summed E-state index contributed by atoms with van der Waals surface area (Å²) in [4.78, 5) is 26.0. The van der Waals surface area contributed by atoms with Gasteiger partial charge in [0, 0.05) is 16.7 Å². The second-order valence-corrected chi connectivity index (χ2v) is 7.35. The van der Waals surface area contributed by atoms with Gasteiger partial charge in [0.2, 0.25) is 5.78 Å². The summed E-state index contributed by atoms with van der Waals surface area (Å²) in [7, 11) is 0. The number of ketones is 1. The minimum atomic E-state index is -0.883. The van der Waals surface area contributed by atoms with Crippen LogP contribution in [0.3, 0.4) is 0 Å². The minimum absolute atomic E-state index is 0.213. The second kappa shape index (κ2) is 7.55. The van der Waals surface area contributed by atoms with E-state index in [-0.39, 0.29) is 5.78 Å². The lowest BCUT2D eigenvalue weighted by Crippen LogP contribution is -2.29. The monoisotopic (exact) mass is 386 g/mol. The number of benzene rings is 3. The Labute approximate surface area is 170 Å². The summed E-state index contributed by atoms with van der Waals surface area (Å²) in [6, 6.07) is 20.3. The van der Waals surface area contributed by atoms with Gasteiger partial charge in [0.15, 0.2) is 6.10 Å². The Balaban J connectivity index is 1.61. The van der Waals surface area contributed by atoms with Crippen LogP contribution < -0.4 is 4.74 Å². The molecule has 0 saturated heterocycles. The third-order valence-electron chi connectivity index (χ3n) is 5.37.